The quantitative estimate of drug-likeness (QED) is 0.134. The highest BCUT2D eigenvalue weighted by molar-refractivity contribution is 7.27. The van der Waals surface area contributed by atoms with Gasteiger partial charge < -0.3 is 9.47 Å². The average Bonchev–Trinajstić information content (AvgIpc) is 3.78. The molecule has 0 radical (unpaired) electrons. The van der Waals surface area contributed by atoms with E-state index in [1.165, 1.54) is 106 Å². The van der Waals surface area contributed by atoms with Gasteiger partial charge in [0.2, 0.25) is 0 Å². The summed E-state index contributed by atoms with van der Waals surface area (Å²) in [6.45, 7) is 0. The minimum Gasteiger partial charge on any atom is -0.497 e. The third-order valence-electron chi connectivity index (χ3n) is 10.8. The Kier molecular flexibility index (Phi) is 6.46. The lowest BCUT2D eigenvalue weighted by molar-refractivity contribution is 0.415. The molecule has 9 aromatic carbocycles. The Bertz CT molecular complexity index is 3020. The molecule has 0 unspecified atom stereocenters. The molecule has 2 aromatic heterocycles. The zero-order valence-electron chi connectivity index (χ0n) is 28.5. The van der Waals surface area contributed by atoms with Crippen LogP contribution in [0.3, 0.4) is 0 Å². The van der Waals surface area contributed by atoms with Crippen LogP contribution in [0.5, 0.6) is 11.5 Å². The molecule has 0 saturated carbocycles. The maximum Gasteiger partial charge on any atom is 0.118 e. The van der Waals surface area contributed by atoms with Gasteiger partial charge in [0.25, 0.3) is 0 Å². The van der Waals surface area contributed by atoms with Crippen LogP contribution in [0.1, 0.15) is 0 Å². The lowest BCUT2D eigenvalue weighted by atomic mass is 9.88. The van der Waals surface area contributed by atoms with Gasteiger partial charge in [0.05, 0.1) is 14.2 Å². The maximum atomic E-state index is 5.56. The molecule has 4 heteroatoms. The monoisotopic (exact) mass is 702 g/mol. The lowest BCUT2D eigenvalue weighted by Crippen LogP contribution is -1.89. The Morgan fingerprint density at radius 3 is 1.19 bits per heavy atom. The topological polar surface area (TPSA) is 18.5 Å². The molecule has 0 fully saturated rings. The number of ether oxygens (including phenoxy) is 2. The van der Waals surface area contributed by atoms with E-state index in [-0.39, 0.29) is 0 Å². The number of hydrogen-bond acceptors (Lipinski definition) is 4. The zero-order valence-corrected chi connectivity index (χ0v) is 30.1. The summed E-state index contributed by atoms with van der Waals surface area (Å²) in [5.74, 6) is 1.72. The molecule has 0 amide bonds. The molecule has 2 heterocycles. The fourth-order valence-electron chi connectivity index (χ4n) is 8.35. The van der Waals surface area contributed by atoms with E-state index in [0.717, 1.165) is 11.5 Å². The molecule has 0 N–H and O–H groups in total. The van der Waals surface area contributed by atoms with E-state index in [9.17, 15) is 0 Å². The third-order valence-corrected chi connectivity index (χ3v) is 13.2. The van der Waals surface area contributed by atoms with E-state index >= 15 is 0 Å². The van der Waals surface area contributed by atoms with E-state index in [4.69, 9.17) is 9.47 Å². The van der Waals surface area contributed by atoms with E-state index in [1.54, 1.807) is 14.2 Å². The van der Waals surface area contributed by atoms with Crippen molar-refractivity contribution in [3.8, 4) is 33.8 Å². The minimum absolute atomic E-state index is 0.860. The fourth-order valence-corrected chi connectivity index (χ4v) is 10.9. The first-order chi connectivity index (χ1) is 25.7. The van der Waals surface area contributed by atoms with Crippen molar-refractivity contribution in [2.45, 2.75) is 0 Å². The van der Waals surface area contributed by atoms with Gasteiger partial charge in [-0.25, -0.2) is 0 Å². The van der Waals surface area contributed by atoms with Crippen LogP contribution in [0.4, 0.5) is 0 Å². The Labute approximate surface area is 307 Å². The predicted molar refractivity (Wildman–Crippen MR) is 226 cm³/mol. The predicted octanol–water partition coefficient (Wildman–Crippen LogP) is 14.4. The standard InChI is InChI=1S/C48H30O2S2/c1-49-31-15-11-27(12-16-31)41-25-29-23-40-30(24-39(29)35-19-21-37-33-7-3-5-9-43(33)51-47(37)45(35)41)26-42(28-13-17-32(50-2)18-14-28)46-36(40)20-22-38-34-8-4-6-10-44(34)52-48(38)46/h3-26H,1-2H3. The van der Waals surface area contributed by atoms with Gasteiger partial charge in [-0.1, -0.05) is 84.9 Å². The minimum atomic E-state index is 0.860. The molecule has 11 rings (SSSR count). The van der Waals surface area contributed by atoms with Crippen molar-refractivity contribution in [2.75, 3.05) is 14.2 Å². The van der Waals surface area contributed by atoms with Gasteiger partial charge in [0.15, 0.2) is 0 Å². The van der Waals surface area contributed by atoms with E-state index in [1.807, 2.05) is 22.7 Å². The zero-order chi connectivity index (χ0) is 34.5. The molecular formula is C48H30O2S2. The highest BCUT2D eigenvalue weighted by Gasteiger charge is 2.19. The Hall–Kier alpha value is -5.94. The Morgan fingerprint density at radius 1 is 0.365 bits per heavy atom. The molecule has 0 aliphatic rings. The summed E-state index contributed by atoms with van der Waals surface area (Å²) in [5.41, 5.74) is 4.86. The van der Waals surface area contributed by atoms with Crippen LogP contribution in [-0.2, 0) is 0 Å². The van der Waals surface area contributed by atoms with Gasteiger partial charge in [0, 0.05) is 51.1 Å². The number of fused-ring (bicyclic) bond motifs is 14. The molecule has 52 heavy (non-hydrogen) atoms. The van der Waals surface area contributed by atoms with E-state index in [0.29, 0.717) is 0 Å². The van der Waals surface area contributed by atoms with Gasteiger partial charge in [0.1, 0.15) is 11.5 Å². The summed E-state index contributed by atoms with van der Waals surface area (Å²) in [4.78, 5) is 0. The van der Waals surface area contributed by atoms with Crippen molar-refractivity contribution in [3.63, 3.8) is 0 Å². The largest absolute Gasteiger partial charge is 0.497 e. The number of rotatable bonds is 4. The molecule has 246 valence electrons. The van der Waals surface area contributed by atoms with Crippen LogP contribution >= 0.6 is 22.7 Å². The molecule has 0 aliphatic carbocycles. The Morgan fingerprint density at radius 2 is 0.769 bits per heavy atom. The number of hydrogen-bond donors (Lipinski definition) is 0. The lowest BCUT2D eigenvalue weighted by Gasteiger charge is -2.16. The summed E-state index contributed by atoms with van der Waals surface area (Å²) in [5, 5.41) is 15.4. The second-order valence-electron chi connectivity index (χ2n) is 13.5. The summed E-state index contributed by atoms with van der Waals surface area (Å²) in [6.07, 6.45) is 0. The maximum absolute atomic E-state index is 5.56. The second-order valence-corrected chi connectivity index (χ2v) is 15.6. The Balaban J connectivity index is 1.29. The first-order valence-electron chi connectivity index (χ1n) is 17.5. The van der Waals surface area contributed by atoms with Crippen molar-refractivity contribution < 1.29 is 9.47 Å². The molecule has 0 spiro atoms. The normalized spacial score (nSPS) is 12.0. The van der Waals surface area contributed by atoms with Crippen LogP contribution in [-0.4, -0.2) is 14.2 Å². The average molecular weight is 703 g/mol. The number of thiophene rings is 2. The van der Waals surface area contributed by atoms with Gasteiger partial charge >= 0.3 is 0 Å². The van der Waals surface area contributed by atoms with Crippen molar-refractivity contribution >= 4 is 106 Å². The van der Waals surface area contributed by atoms with Gasteiger partial charge in [-0.2, -0.15) is 0 Å². The third kappa shape index (κ3) is 4.29. The fraction of sp³-hybridized carbons (Fsp3) is 0.0417. The van der Waals surface area contributed by atoms with Crippen molar-refractivity contribution in [2.24, 2.45) is 0 Å². The first-order valence-corrected chi connectivity index (χ1v) is 19.1. The van der Waals surface area contributed by atoms with Gasteiger partial charge in [-0.15, -0.1) is 22.7 Å². The van der Waals surface area contributed by atoms with Crippen LogP contribution in [0.25, 0.3) is 106 Å². The first kappa shape index (κ1) is 29.8. The highest BCUT2D eigenvalue weighted by Crippen LogP contribution is 2.48. The summed E-state index contributed by atoms with van der Waals surface area (Å²) in [6, 6.07) is 53.7. The van der Waals surface area contributed by atoms with Crippen LogP contribution in [0.2, 0.25) is 0 Å². The van der Waals surface area contributed by atoms with Gasteiger partial charge in [-0.05, 0) is 115 Å². The summed E-state index contributed by atoms with van der Waals surface area (Å²) < 4.78 is 16.4. The molecule has 0 saturated heterocycles. The SMILES string of the molecule is COc1ccc(-c2cc3cc4c(cc(-c5ccc(OC)cc5)c5c4ccc4c6ccccc6sc45)cc3c3ccc4c5ccccc5sc4c23)cc1. The van der Waals surface area contributed by atoms with Crippen molar-refractivity contribution in [1.82, 2.24) is 0 Å². The summed E-state index contributed by atoms with van der Waals surface area (Å²) in [7, 11) is 3.45. The smallest absolute Gasteiger partial charge is 0.118 e. The van der Waals surface area contributed by atoms with Crippen molar-refractivity contribution in [3.05, 3.63) is 146 Å². The van der Waals surface area contributed by atoms with E-state index < -0.39 is 0 Å². The van der Waals surface area contributed by atoms with Crippen molar-refractivity contribution in [1.29, 1.82) is 0 Å². The van der Waals surface area contributed by atoms with E-state index in [2.05, 4.69) is 146 Å². The number of benzene rings is 9. The van der Waals surface area contributed by atoms with Crippen LogP contribution in [0, 0.1) is 0 Å². The molecule has 0 aliphatic heterocycles. The van der Waals surface area contributed by atoms with Gasteiger partial charge in [-0.3, -0.25) is 0 Å². The molecular weight excluding hydrogens is 673 g/mol. The second kappa shape index (κ2) is 11.3. The highest BCUT2D eigenvalue weighted by atomic mass is 32.1. The molecule has 11 aromatic rings. The number of methoxy groups -OCH3 is 2. The van der Waals surface area contributed by atoms with Crippen LogP contribution < -0.4 is 9.47 Å². The molecule has 0 atom stereocenters. The summed E-state index contributed by atoms with van der Waals surface area (Å²) >= 11 is 3.79. The molecule has 2 nitrogen and oxygen atoms in total. The molecule has 0 bridgehead atoms. The van der Waals surface area contributed by atoms with Crippen LogP contribution in [0.15, 0.2) is 146 Å².